The zero-order chi connectivity index (χ0) is 15.0. The summed E-state index contributed by atoms with van der Waals surface area (Å²) in [7, 11) is 0. The van der Waals surface area contributed by atoms with Gasteiger partial charge >= 0.3 is 0 Å². The van der Waals surface area contributed by atoms with Crippen LogP contribution in [0.1, 0.15) is 5.56 Å². The summed E-state index contributed by atoms with van der Waals surface area (Å²) in [6.07, 6.45) is 0. The fourth-order valence-electron chi connectivity index (χ4n) is 2.04. The van der Waals surface area contributed by atoms with Crippen LogP contribution in [-0.2, 0) is 0 Å². The molecule has 1 heterocycles. The minimum atomic E-state index is 0.513. The van der Waals surface area contributed by atoms with E-state index in [0.717, 1.165) is 21.3 Å². The maximum absolute atomic E-state index is 6.25. The number of aryl methyl sites for hydroxylation is 1. The van der Waals surface area contributed by atoms with Crippen LogP contribution in [0.3, 0.4) is 0 Å². The predicted octanol–water partition coefficient (Wildman–Crippen LogP) is 3.64. The zero-order valence-corrected chi connectivity index (χ0v) is 13.4. The van der Waals surface area contributed by atoms with Gasteiger partial charge < -0.3 is 5.73 Å². The summed E-state index contributed by atoms with van der Waals surface area (Å²) < 4.78 is 2.62. The van der Waals surface area contributed by atoms with Gasteiger partial charge in [-0.1, -0.05) is 33.6 Å². The molecule has 1 aromatic heterocycles. The zero-order valence-electron chi connectivity index (χ0n) is 11.1. The molecule has 106 valence electrons. The quantitative estimate of drug-likeness (QED) is 0.705. The molecular weight excluding hydrogens is 354 g/mol. The molecule has 0 radical (unpaired) electrons. The summed E-state index contributed by atoms with van der Waals surface area (Å²) >= 11 is 9.72. The van der Waals surface area contributed by atoms with E-state index in [-0.39, 0.29) is 0 Å². The molecule has 0 atom stereocenters. The third kappa shape index (κ3) is 2.64. The van der Waals surface area contributed by atoms with Crippen LogP contribution in [0, 0.1) is 6.92 Å². The van der Waals surface area contributed by atoms with Crippen molar-refractivity contribution < 1.29 is 0 Å². The van der Waals surface area contributed by atoms with Crippen LogP contribution in [0.15, 0.2) is 40.9 Å². The van der Waals surface area contributed by atoms with Crippen LogP contribution >= 0.6 is 27.5 Å². The van der Waals surface area contributed by atoms with E-state index in [1.54, 1.807) is 16.8 Å². The minimum absolute atomic E-state index is 0.513. The third-order valence-electron chi connectivity index (χ3n) is 3.10. The second kappa shape index (κ2) is 5.46. The van der Waals surface area contributed by atoms with Gasteiger partial charge in [-0.25, -0.2) is 0 Å². The SMILES string of the molecule is Cc1ccc(Br)cc1-n1nnnc1-c1ccc(N)cc1Cl. The van der Waals surface area contributed by atoms with Crippen LogP contribution in [0.25, 0.3) is 17.1 Å². The Bertz CT molecular complexity index is 815. The average Bonchev–Trinajstić information content (AvgIpc) is 2.90. The van der Waals surface area contributed by atoms with Crippen molar-refractivity contribution in [2.45, 2.75) is 6.92 Å². The van der Waals surface area contributed by atoms with Gasteiger partial charge in [0.25, 0.3) is 0 Å². The van der Waals surface area contributed by atoms with Gasteiger partial charge in [0.2, 0.25) is 0 Å². The summed E-state index contributed by atoms with van der Waals surface area (Å²) in [5.41, 5.74) is 9.00. The third-order valence-corrected chi connectivity index (χ3v) is 3.91. The lowest BCUT2D eigenvalue weighted by molar-refractivity contribution is 0.787. The number of tetrazole rings is 1. The van der Waals surface area contributed by atoms with Gasteiger partial charge in [-0.05, 0) is 53.2 Å². The van der Waals surface area contributed by atoms with E-state index >= 15 is 0 Å². The molecule has 3 aromatic rings. The van der Waals surface area contributed by atoms with Gasteiger partial charge in [-0.15, -0.1) is 5.10 Å². The number of aromatic nitrogens is 4. The highest BCUT2D eigenvalue weighted by atomic mass is 79.9. The average molecular weight is 365 g/mol. The van der Waals surface area contributed by atoms with Crippen molar-refractivity contribution in [3.05, 3.63) is 51.5 Å². The largest absolute Gasteiger partial charge is 0.399 e. The molecule has 0 fully saturated rings. The lowest BCUT2D eigenvalue weighted by atomic mass is 10.1. The summed E-state index contributed by atoms with van der Waals surface area (Å²) in [5, 5.41) is 12.4. The van der Waals surface area contributed by atoms with Crippen molar-refractivity contribution in [2.24, 2.45) is 0 Å². The highest BCUT2D eigenvalue weighted by Gasteiger charge is 2.15. The highest BCUT2D eigenvalue weighted by Crippen LogP contribution is 2.30. The molecule has 2 N–H and O–H groups in total. The normalized spacial score (nSPS) is 10.8. The standard InChI is InChI=1S/C14H11BrClN5/c1-8-2-3-9(15)6-13(8)21-14(18-19-20-21)11-5-4-10(17)7-12(11)16/h2-7H,17H2,1H3. The predicted molar refractivity (Wildman–Crippen MR) is 86.4 cm³/mol. The molecule has 0 aliphatic rings. The molecule has 0 aliphatic heterocycles. The summed E-state index contributed by atoms with van der Waals surface area (Å²) in [5.74, 6) is 0.571. The van der Waals surface area contributed by atoms with Crippen molar-refractivity contribution in [1.29, 1.82) is 0 Å². The first kappa shape index (κ1) is 14.0. The van der Waals surface area contributed by atoms with Crippen LogP contribution < -0.4 is 5.73 Å². The van der Waals surface area contributed by atoms with E-state index in [2.05, 4.69) is 31.5 Å². The summed E-state index contributed by atoms with van der Waals surface area (Å²) in [6, 6.07) is 11.2. The van der Waals surface area contributed by atoms with Crippen molar-refractivity contribution in [2.75, 3.05) is 5.73 Å². The van der Waals surface area contributed by atoms with Crippen LogP contribution in [-0.4, -0.2) is 20.2 Å². The van der Waals surface area contributed by atoms with Gasteiger partial charge in [0.15, 0.2) is 5.82 Å². The number of nitrogens with zero attached hydrogens (tertiary/aromatic N) is 4. The fraction of sp³-hybridized carbons (Fsp3) is 0.0714. The maximum Gasteiger partial charge on any atom is 0.188 e. The van der Waals surface area contributed by atoms with Crippen molar-refractivity contribution in [1.82, 2.24) is 20.2 Å². The van der Waals surface area contributed by atoms with E-state index in [0.29, 0.717) is 16.5 Å². The minimum Gasteiger partial charge on any atom is -0.399 e. The Morgan fingerprint density at radius 1 is 1.19 bits per heavy atom. The molecule has 7 heteroatoms. The first-order valence-electron chi connectivity index (χ1n) is 6.16. The Morgan fingerprint density at radius 2 is 2.00 bits per heavy atom. The molecule has 0 amide bonds. The second-order valence-electron chi connectivity index (χ2n) is 4.58. The van der Waals surface area contributed by atoms with Crippen LogP contribution in [0.2, 0.25) is 5.02 Å². The number of hydrogen-bond acceptors (Lipinski definition) is 4. The van der Waals surface area contributed by atoms with Gasteiger partial charge in [0.1, 0.15) is 0 Å². The van der Waals surface area contributed by atoms with E-state index in [9.17, 15) is 0 Å². The first-order chi connectivity index (χ1) is 10.1. The maximum atomic E-state index is 6.25. The number of hydrogen-bond donors (Lipinski definition) is 1. The summed E-state index contributed by atoms with van der Waals surface area (Å²) in [4.78, 5) is 0. The molecule has 0 saturated carbocycles. The van der Waals surface area contributed by atoms with E-state index in [1.807, 2.05) is 31.2 Å². The van der Waals surface area contributed by atoms with Crippen molar-refractivity contribution in [3.8, 4) is 17.1 Å². The molecule has 3 rings (SSSR count). The second-order valence-corrected chi connectivity index (χ2v) is 5.91. The molecule has 0 aliphatic carbocycles. The van der Waals surface area contributed by atoms with Gasteiger partial charge in [-0.3, -0.25) is 0 Å². The van der Waals surface area contributed by atoms with E-state index in [1.165, 1.54) is 0 Å². The Morgan fingerprint density at radius 3 is 2.76 bits per heavy atom. The molecule has 0 unspecified atom stereocenters. The first-order valence-corrected chi connectivity index (χ1v) is 7.33. The Kier molecular flexibility index (Phi) is 3.65. The lowest BCUT2D eigenvalue weighted by Crippen LogP contribution is -2.02. The number of benzene rings is 2. The smallest absolute Gasteiger partial charge is 0.188 e. The Hall–Kier alpha value is -1.92. The molecular formula is C14H11BrClN5. The number of nitrogen functional groups attached to an aromatic ring is 1. The van der Waals surface area contributed by atoms with Gasteiger partial charge in [0, 0.05) is 15.7 Å². The molecule has 5 nitrogen and oxygen atoms in total. The topological polar surface area (TPSA) is 69.6 Å². The Balaban J connectivity index is 2.19. The highest BCUT2D eigenvalue weighted by molar-refractivity contribution is 9.10. The van der Waals surface area contributed by atoms with Crippen molar-refractivity contribution >= 4 is 33.2 Å². The van der Waals surface area contributed by atoms with E-state index < -0.39 is 0 Å². The molecule has 2 aromatic carbocycles. The monoisotopic (exact) mass is 363 g/mol. The van der Waals surface area contributed by atoms with E-state index in [4.69, 9.17) is 17.3 Å². The molecule has 21 heavy (non-hydrogen) atoms. The lowest BCUT2D eigenvalue weighted by Gasteiger charge is -2.09. The number of anilines is 1. The van der Waals surface area contributed by atoms with Crippen molar-refractivity contribution in [3.63, 3.8) is 0 Å². The molecule has 0 bridgehead atoms. The molecule has 0 spiro atoms. The van der Waals surface area contributed by atoms with Gasteiger partial charge in [-0.2, -0.15) is 4.68 Å². The number of rotatable bonds is 2. The summed E-state index contributed by atoms with van der Waals surface area (Å²) in [6.45, 7) is 2.00. The Labute approximate surface area is 134 Å². The number of halogens is 2. The molecule has 0 saturated heterocycles. The van der Waals surface area contributed by atoms with Crippen LogP contribution in [0.5, 0.6) is 0 Å². The van der Waals surface area contributed by atoms with Crippen LogP contribution in [0.4, 0.5) is 5.69 Å². The fourth-order valence-corrected chi connectivity index (χ4v) is 2.66. The van der Waals surface area contributed by atoms with Gasteiger partial charge in [0.05, 0.1) is 10.7 Å². The number of nitrogens with two attached hydrogens (primary N) is 1.